The highest BCUT2D eigenvalue weighted by Gasteiger charge is 2.55. The standard InChI is InChI=1S/C27H46O/c1-28-21-16-17-24-25(18-21)27(20-12-6-3-7-13-20)23-15-9-8-14-22(23)26(24)19-10-4-2-5-11-19/h19-27H,2-18H2,1H3. The Balaban J connectivity index is 1.47. The van der Waals surface area contributed by atoms with E-state index in [2.05, 4.69) is 0 Å². The first-order valence-corrected chi connectivity index (χ1v) is 13.4. The molecule has 0 spiro atoms. The van der Waals surface area contributed by atoms with Crippen LogP contribution in [0.25, 0.3) is 0 Å². The minimum atomic E-state index is 0.569. The van der Waals surface area contributed by atoms with Gasteiger partial charge < -0.3 is 4.74 Å². The van der Waals surface area contributed by atoms with Gasteiger partial charge in [0.2, 0.25) is 0 Å². The monoisotopic (exact) mass is 386 g/mol. The summed E-state index contributed by atoms with van der Waals surface area (Å²) in [5.41, 5.74) is 0. The van der Waals surface area contributed by atoms with E-state index in [9.17, 15) is 0 Å². The molecule has 7 atom stereocenters. The fraction of sp³-hybridized carbons (Fsp3) is 1.00. The number of hydrogen-bond donors (Lipinski definition) is 0. The van der Waals surface area contributed by atoms with Crippen LogP contribution in [-0.2, 0) is 4.74 Å². The fourth-order valence-corrected chi connectivity index (χ4v) is 9.54. The van der Waals surface area contributed by atoms with E-state index in [1.54, 1.807) is 44.9 Å². The highest BCUT2D eigenvalue weighted by Crippen LogP contribution is 2.62. The van der Waals surface area contributed by atoms with Crippen LogP contribution in [0.4, 0.5) is 0 Å². The van der Waals surface area contributed by atoms with Crippen LogP contribution in [-0.4, -0.2) is 13.2 Å². The molecule has 7 unspecified atom stereocenters. The first kappa shape index (κ1) is 19.9. The highest BCUT2D eigenvalue weighted by molar-refractivity contribution is 5.04. The number of ether oxygens (including phenoxy) is 1. The van der Waals surface area contributed by atoms with Crippen LogP contribution < -0.4 is 0 Å². The van der Waals surface area contributed by atoms with Crippen LogP contribution >= 0.6 is 0 Å². The summed E-state index contributed by atoms with van der Waals surface area (Å²) in [6.07, 6.45) is 26.5. The zero-order valence-electron chi connectivity index (χ0n) is 18.6. The van der Waals surface area contributed by atoms with Gasteiger partial charge in [-0.25, -0.2) is 0 Å². The third-order valence-corrected chi connectivity index (χ3v) is 10.5. The number of hydrogen-bond acceptors (Lipinski definition) is 1. The second-order valence-electron chi connectivity index (χ2n) is 11.6. The van der Waals surface area contributed by atoms with Crippen LogP contribution in [0.3, 0.4) is 0 Å². The molecule has 0 bridgehead atoms. The van der Waals surface area contributed by atoms with E-state index in [1.807, 2.05) is 7.11 Å². The molecule has 0 radical (unpaired) electrons. The van der Waals surface area contributed by atoms with Crippen molar-refractivity contribution in [3.63, 3.8) is 0 Å². The van der Waals surface area contributed by atoms with Gasteiger partial charge in [-0.3, -0.25) is 0 Å². The van der Waals surface area contributed by atoms with Gasteiger partial charge in [-0.2, -0.15) is 0 Å². The van der Waals surface area contributed by atoms with E-state index in [1.165, 1.54) is 64.2 Å². The first-order chi connectivity index (χ1) is 13.9. The Bertz CT molecular complexity index is 488. The maximum Gasteiger partial charge on any atom is 0.0574 e. The second kappa shape index (κ2) is 8.99. The van der Waals surface area contributed by atoms with Crippen molar-refractivity contribution < 1.29 is 4.74 Å². The quantitative estimate of drug-likeness (QED) is 0.484. The molecular formula is C27H46O. The molecule has 5 saturated carbocycles. The van der Waals surface area contributed by atoms with Gasteiger partial charge in [0.1, 0.15) is 0 Å². The molecule has 5 aliphatic carbocycles. The normalized spacial score (nSPS) is 46.0. The minimum Gasteiger partial charge on any atom is -0.381 e. The second-order valence-corrected chi connectivity index (χ2v) is 11.6. The summed E-state index contributed by atoms with van der Waals surface area (Å²) in [6, 6.07) is 0. The van der Waals surface area contributed by atoms with Crippen LogP contribution in [0, 0.1) is 47.3 Å². The maximum atomic E-state index is 5.99. The van der Waals surface area contributed by atoms with Crippen molar-refractivity contribution in [1.82, 2.24) is 0 Å². The zero-order valence-corrected chi connectivity index (χ0v) is 18.6. The summed E-state index contributed by atoms with van der Waals surface area (Å²) in [5.74, 6) is 8.55. The summed E-state index contributed by atoms with van der Waals surface area (Å²) >= 11 is 0. The van der Waals surface area contributed by atoms with Gasteiger partial charge in [-0.05, 0) is 79.4 Å². The molecule has 160 valence electrons. The SMILES string of the molecule is COC1CCC2C(C1)C(C1CCCCC1)C1CCCCC1C2C1CCCCC1. The summed E-state index contributed by atoms with van der Waals surface area (Å²) in [5, 5.41) is 0. The molecule has 1 nitrogen and oxygen atoms in total. The van der Waals surface area contributed by atoms with E-state index in [-0.39, 0.29) is 0 Å². The van der Waals surface area contributed by atoms with Crippen molar-refractivity contribution in [2.45, 2.75) is 115 Å². The maximum absolute atomic E-state index is 5.99. The number of methoxy groups -OCH3 is 1. The van der Waals surface area contributed by atoms with Crippen LogP contribution in [0.1, 0.15) is 109 Å². The van der Waals surface area contributed by atoms with Crippen LogP contribution in [0.2, 0.25) is 0 Å². The Labute approximate surface area is 174 Å². The van der Waals surface area contributed by atoms with Gasteiger partial charge in [0.05, 0.1) is 6.10 Å². The lowest BCUT2D eigenvalue weighted by Gasteiger charge is -2.60. The van der Waals surface area contributed by atoms with Crippen LogP contribution in [0.15, 0.2) is 0 Å². The fourth-order valence-electron chi connectivity index (χ4n) is 9.54. The van der Waals surface area contributed by atoms with Gasteiger partial charge in [0.25, 0.3) is 0 Å². The van der Waals surface area contributed by atoms with E-state index >= 15 is 0 Å². The molecule has 0 saturated heterocycles. The summed E-state index contributed by atoms with van der Waals surface area (Å²) in [7, 11) is 1.99. The van der Waals surface area contributed by atoms with E-state index in [0.717, 1.165) is 47.3 Å². The zero-order chi connectivity index (χ0) is 18.9. The summed E-state index contributed by atoms with van der Waals surface area (Å²) in [4.78, 5) is 0. The van der Waals surface area contributed by atoms with Crippen molar-refractivity contribution in [2.24, 2.45) is 47.3 Å². The Morgan fingerprint density at radius 1 is 0.464 bits per heavy atom. The molecule has 0 aromatic carbocycles. The Kier molecular flexibility index (Phi) is 6.39. The average molecular weight is 387 g/mol. The summed E-state index contributed by atoms with van der Waals surface area (Å²) < 4.78 is 5.99. The topological polar surface area (TPSA) is 9.23 Å². The van der Waals surface area contributed by atoms with E-state index in [0.29, 0.717) is 6.10 Å². The molecular weight excluding hydrogens is 340 g/mol. The molecule has 0 heterocycles. The molecule has 0 aliphatic heterocycles. The van der Waals surface area contributed by atoms with Gasteiger partial charge in [0.15, 0.2) is 0 Å². The number of rotatable bonds is 3. The van der Waals surface area contributed by atoms with Crippen molar-refractivity contribution >= 4 is 0 Å². The molecule has 0 amide bonds. The van der Waals surface area contributed by atoms with Crippen molar-refractivity contribution in [3.05, 3.63) is 0 Å². The molecule has 1 heteroatoms. The van der Waals surface area contributed by atoms with Crippen molar-refractivity contribution in [1.29, 1.82) is 0 Å². The van der Waals surface area contributed by atoms with Gasteiger partial charge in [-0.15, -0.1) is 0 Å². The minimum absolute atomic E-state index is 0.569. The van der Waals surface area contributed by atoms with Gasteiger partial charge in [0, 0.05) is 7.11 Å². The Hall–Kier alpha value is -0.0400. The lowest BCUT2D eigenvalue weighted by molar-refractivity contribution is -0.131. The lowest BCUT2D eigenvalue weighted by Crippen LogP contribution is -2.54. The first-order valence-electron chi connectivity index (χ1n) is 13.4. The molecule has 0 aromatic heterocycles. The van der Waals surface area contributed by atoms with Gasteiger partial charge >= 0.3 is 0 Å². The molecule has 0 aromatic rings. The molecule has 28 heavy (non-hydrogen) atoms. The molecule has 0 N–H and O–H groups in total. The Morgan fingerprint density at radius 3 is 1.46 bits per heavy atom. The van der Waals surface area contributed by atoms with Crippen molar-refractivity contribution in [3.8, 4) is 0 Å². The third-order valence-electron chi connectivity index (χ3n) is 10.5. The lowest BCUT2D eigenvalue weighted by atomic mass is 9.45. The predicted molar refractivity (Wildman–Crippen MR) is 117 cm³/mol. The summed E-state index contributed by atoms with van der Waals surface area (Å²) in [6.45, 7) is 0. The van der Waals surface area contributed by atoms with Crippen molar-refractivity contribution in [2.75, 3.05) is 7.11 Å². The number of fused-ring (bicyclic) bond motifs is 2. The molecule has 5 aliphatic rings. The van der Waals surface area contributed by atoms with E-state index < -0.39 is 0 Å². The van der Waals surface area contributed by atoms with Crippen LogP contribution in [0.5, 0.6) is 0 Å². The van der Waals surface area contributed by atoms with E-state index in [4.69, 9.17) is 4.74 Å². The van der Waals surface area contributed by atoms with Gasteiger partial charge in [-0.1, -0.05) is 77.0 Å². The molecule has 5 rings (SSSR count). The Morgan fingerprint density at radius 2 is 0.929 bits per heavy atom. The predicted octanol–water partition coefficient (Wildman–Crippen LogP) is 7.63. The highest BCUT2D eigenvalue weighted by atomic mass is 16.5. The largest absolute Gasteiger partial charge is 0.381 e. The average Bonchev–Trinajstić information content (AvgIpc) is 2.78. The molecule has 5 fully saturated rings. The smallest absolute Gasteiger partial charge is 0.0574 e. The third kappa shape index (κ3) is 3.72.